The second kappa shape index (κ2) is 8.95. The Labute approximate surface area is 181 Å². The van der Waals surface area contributed by atoms with Gasteiger partial charge in [-0.25, -0.2) is 8.42 Å². The molecule has 1 amide bonds. The quantitative estimate of drug-likeness (QED) is 0.408. The third-order valence-electron chi connectivity index (χ3n) is 3.95. The smallest absolute Gasteiger partial charge is 0.234 e. The van der Waals surface area contributed by atoms with Crippen LogP contribution in [0, 0.1) is 0 Å². The number of anilines is 1. The molecule has 0 bridgehead atoms. The molecular weight excluding hydrogens is 447 g/mol. The van der Waals surface area contributed by atoms with Gasteiger partial charge in [0.15, 0.2) is 0 Å². The van der Waals surface area contributed by atoms with Crippen LogP contribution in [0.15, 0.2) is 19.6 Å². The molecule has 27 heavy (non-hydrogen) atoms. The summed E-state index contributed by atoms with van der Waals surface area (Å²) >= 11 is 18.2. The van der Waals surface area contributed by atoms with Crippen LogP contribution >= 0.6 is 50.5 Å². The molecule has 2 N–H and O–H groups in total. The minimum Gasteiger partial charge on any atom is -0.489 e. The number of carbonyl (C=O) groups excluding carboxylic acids is 1. The molecule has 0 radical (unpaired) electrons. The van der Waals surface area contributed by atoms with E-state index in [1.54, 1.807) is 0 Å². The number of hydrogen-bond acceptors (Lipinski definition) is 9. The number of primary amides is 1. The molecule has 1 aromatic carbocycles. The summed E-state index contributed by atoms with van der Waals surface area (Å²) in [5.74, 6) is -1.04. The Morgan fingerprint density at radius 2 is 1.52 bits per heavy atom. The van der Waals surface area contributed by atoms with Crippen molar-refractivity contribution in [1.82, 2.24) is 4.31 Å². The number of hydrogen-bond donors (Lipinski definition) is 5. The summed E-state index contributed by atoms with van der Waals surface area (Å²) in [4.78, 5) is 15.2. The average molecular weight is 470 g/mol. The Hall–Kier alpha value is -0.400. The number of ether oxygens (including phenoxy) is 1. The van der Waals surface area contributed by atoms with E-state index in [4.69, 9.17) is 10.5 Å². The van der Waals surface area contributed by atoms with E-state index in [1.165, 1.54) is 4.31 Å². The van der Waals surface area contributed by atoms with Gasteiger partial charge >= 0.3 is 0 Å². The average Bonchev–Trinajstić information content (AvgIpc) is 2.56. The van der Waals surface area contributed by atoms with E-state index in [1.807, 2.05) is 18.7 Å². The summed E-state index contributed by atoms with van der Waals surface area (Å²) in [6.07, 6.45) is -0.0628. The lowest BCUT2D eigenvalue weighted by atomic mass is 10.2. The Balaban J connectivity index is 2.27. The first-order chi connectivity index (χ1) is 12.5. The maximum atomic E-state index is 12.2. The molecule has 2 rings (SSSR count). The van der Waals surface area contributed by atoms with Crippen LogP contribution in [0.1, 0.15) is 13.8 Å². The first-order valence-electron chi connectivity index (χ1n) is 8.13. The van der Waals surface area contributed by atoms with Crippen LogP contribution < -0.4 is 15.4 Å². The lowest BCUT2D eigenvalue weighted by molar-refractivity contribution is -0.115. The zero-order valence-corrected chi connectivity index (χ0v) is 19.3. The van der Waals surface area contributed by atoms with Crippen LogP contribution in [0.4, 0.5) is 5.69 Å². The predicted octanol–water partition coefficient (Wildman–Crippen LogP) is 1.57. The summed E-state index contributed by atoms with van der Waals surface area (Å²) in [6, 6.07) is 0. The number of carbonyl (C=O) groups is 1. The van der Waals surface area contributed by atoms with Gasteiger partial charge in [0.25, 0.3) is 0 Å². The molecule has 1 aliphatic rings. The Bertz CT molecular complexity index is 807. The molecule has 12 heteroatoms. The number of nitrogens with zero attached hydrogens (tertiary/aromatic N) is 2. The van der Waals surface area contributed by atoms with Crippen LogP contribution in [0.2, 0.25) is 0 Å². The second-order valence-corrected chi connectivity index (χ2v) is 10.1. The molecule has 0 aromatic heterocycles. The van der Waals surface area contributed by atoms with Crippen molar-refractivity contribution in [2.75, 3.05) is 36.8 Å². The van der Waals surface area contributed by atoms with Crippen molar-refractivity contribution in [2.45, 2.75) is 39.5 Å². The maximum Gasteiger partial charge on any atom is 0.234 e. The Kier molecular flexibility index (Phi) is 7.59. The zero-order valence-electron chi connectivity index (χ0n) is 14.9. The van der Waals surface area contributed by atoms with E-state index in [0.717, 1.165) is 5.69 Å². The molecule has 0 saturated carbocycles. The van der Waals surface area contributed by atoms with E-state index in [9.17, 15) is 13.2 Å². The topological polar surface area (TPSA) is 92.9 Å². The molecular formula is C15H23N3O4S5. The van der Waals surface area contributed by atoms with Gasteiger partial charge in [-0.3, -0.25) is 4.79 Å². The third kappa shape index (κ3) is 5.15. The number of thiol groups is 4. The molecule has 0 atom stereocenters. The molecule has 7 nitrogen and oxygen atoms in total. The summed E-state index contributed by atoms with van der Waals surface area (Å²) < 4.78 is 31.4. The fraction of sp³-hybridized carbons (Fsp3) is 0.533. The molecule has 1 aromatic rings. The number of piperazine rings is 1. The summed E-state index contributed by atoms with van der Waals surface area (Å²) in [6.45, 7) is 5.06. The van der Waals surface area contributed by atoms with Crippen LogP contribution in [-0.4, -0.2) is 56.7 Å². The van der Waals surface area contributed by atoms with Gasteiger partial charge in [0, 0.05) is 36.0 Å². The van der Waals surface area contributed by atoms with Gasteiger partial charge in [0.05, 0.1) is 21.6 Å². The fourth-order valence-corrected chi connectivity index (χ4v) is 5.46. The molecule has 152 valence electrons. The van der Waals surface area contributed by atoms with Gasteiger partial charge in [-0.05, 0) is 13.8 Å². The van der Waals surface area contributed by atoms with Crippen molar-refractivity contribution >= 4 is 72.1 Å². The first kappa shape index (κ1) is 22.9. The van der Waals surface area contributed by atoms with Crippen molar-refractivity contribution in [3.05, 3.63) is 0 Å². The summed E-state index contributed by atoms with van der Waals surface area (Å²) in [7, 11) is -3.70. The van der Waals surface area contributed by atoms with Gasteiger partial charge in [-0.15, -0.1) is 50.5 Å². The number of sulfonamides is 1. The highest BCUT2D eigenvalue weighted by Gasteiger charge is 2.31. The molecule has 1 heterocycles. The molecule has 1 aliphatic heterocycles. The largest absolute Gasteiger partial charge is 0.489 e. The maximum absolute atomic E-state index is 12.2. The van der Waals surface area contributed by atoms with Crippen molar-refractivity contribution in [3.8, 4) is 5.75 Å². The second-order valence-electron chi connectivity index (χ2n) is 6.35. The fourth-order valence-electron chi connectivity index (χ4n) is 2.77. The van der Waals surface area contributed by atoms with Crippen LogP contribution in [-0.2, 0) is 14.8 Å². The number of nitrogens with two attached hydrogens (primary N) is 1. The molecule has 0 unspecified atom stereocenters. The van der Waals surface area contributed by atoms with Crippen LogP contribution in [0.3, 0.4) is 0 Å². The van der Waals surface area contributed by atoms with E-state index >= 15 is 0 Å². The van der Waals surface area contributed by atoms with E-state index in [0.29, 0.717) is 38.4 Å². The third-order valence-corrected chi connectivity index (χ3v) is 7.83. The van der Waals surface area contributed by atoms with Gasteiger partial charge in [-0.1, -0.05) is 0 Å². The first-order valence-corrected chi connectivity index (χ1v) is 11.5. The minimum absolute atomic E-state index is 0.0628. The normalized spacial score (nSPS) is 16.0. The van der Waals surface area contributed by atoms with Crippen molar-refractivity contribution in [1.29, 1.82) is 0 Å². The Morgan fingerprint density at radius 3 is 1.93 bits per heavy atom. The molecule has 1 fully saturated rings. The predicted molar refractivity (Wildman–Crippen MR) is 118 cm³/mol. The monoisotopic (exact) mass is 469 g/mol. The van der Waals surface area contributed by atoms with Gasteiger partial charge in [0.2, 0.25) is 15.9 Å². The molecule has 0 aliphatic carbocycles. The molecule has 1 saturated heterocycles. The number of amides is 1. The van der Waals surface area contributed by atoms with Crippen molar-refractivity contribution in [2.24, 2.45) is 5.73 Å². The highest BCUT2D eigenvalue weighted by atomic mass is 32.2. The zero-order chi connectivity index (χ0) is 20.5. The van der Waals surface area contributed by atoms with Gasteiger partial charge < -0.3 is 15.4 Å². The van der Waals surface area contributed by atoms with Crippen LogP contribution in [0.25, 0.3) is 0 Å². The number of benzene rings is 1. The summed E-state index contributed by atoms with van der Waals surface area (Å²) in [5.41, 5.74) is 5.74. The SMILES string of the molecule is CC(C)Oc1c(S)c(S)c(N2CCN(S(=O)(=O)CC(N)=O)CC2)c(S)c1S. The van der Waals surface area contributed by atoms with Gasteiger partial charge in [-0.2, -0.15) is 4.31 Å². The van der Waals surface area contributed by atoms with Crippen molar-refractivity contribution < 1.29 is 17.9 Å². The minimum atomic E-state index is -3.70. The van der Waals surface area contributed by atoms with E-state index in [2.05, 4.69) is 50.5 Å². The highest BCUT2D eigenvalue weighted by molar-refractivity contribution is 7.89. The highest BCUT2D eigenvalue weighted by Crippen LogP contribution is 2.47. The van der Waals surface area contributed by atoms with Crippen molar-refractivity contribution in [3.63, 3.8) is 0 Å². The van der Waals surface area contributed by atoms with E-state index < -0.39 is 21.7 Å². The van der Waals surface area contributed by atoms with E-state index in [-0.39, 0.29) is 19.2 Å². The Morgan fingerprint density at radius 1 is 1.04 bits per heavy atom. The number of rotatable bonds is 6. The van der Waals surface area contributed by atoms with Gasteiger partial charge in [0.1, 0.15) is 11.5 Å². The lowest BCUT2D eigenvalue weighted by Crippen LogP contribution is -2.50. The summed E-state index contributed by atoms with van der Waals surface area (Å²) in [5, 5.41) is 0. The van der Waals surface area contributed by atoms with Crippen LogP contribution in [0.5, 0.6) is 5.75 Å². The molecule has 0 spiro atoms. The standard InChI is InChI=1S/C15H23N3O4S5/c1-8(2)22-11-14(25)12(23)10(13(24)15(11)26)17-3-5-18(6-4-17)27(20,21)7-9(16)19/h8,23-26H,3-7H2,1-2H3,(H2,16,19). The lowest BCUT2D eigenvalue weighted by Gasteiger charge is -2.37.